The molecule has 18 heavy (non-hydrogen) atoms. The van der Waals surface area contributed by atoms with Crippen LogP contribution < -0.4 is 0 Å². The van der Waals surface area contributed by atoms with Crippen molar-refractivity contribution in [2.75, 3.05) is 0 Å². The van der Waals surface area contributed by atoms with Crippen LogP contribution in [-0.2, 0) is 9.53 Å². The molecule has 1 rings (SSSR count). The normalized spacial score (nSPS) is 10.1. The van der Waals surface area contributed by atoms with Crippen LogP contribution in [0.5, 0.6) is 0 Å². The second-order valence-electron chi connectivity index (χ2n) is 2.97. The first-order valence-electron chi connectivity index (χ1n) is 4.50. The molecule has 0 fully saturated rings. The number of carbonyl (C=O) groups excluding carboxylic acids is 1. The number of ether oxygens (including phenoxy) is 1. The van der Waals surface area contributed by atoms with Crippen molar-refractivity contribution in [1.82, 2.24) is 0 Å². The first kappa shape index (κ1) is 13.8. The van der Waals surface area contributed by atoms with Crippen molar-refractivity contribution in [1.29, 1.82) is 5.26 Å². The van der Waals surface area contributed by atoms with Gasteiger partial charge >= 0.3 is 5.97 Å². The van der Waals surface area contributed by atoms with Gasteiger partial charge in [-0.3, -0.25) is 4.79 Å². The van der Waals surface area contributed by atoms with Crippen LogP contribution in [0.1, 0.15) is 15.3 Å². The molecule has 0 unspecified atom stereocenters. The van der Waals surface area contributed by atoms with Gasteiger partial charge in [0.05, 0.1) is 17.2 Å². The summed E-state index contributed by atoms with van der Waals surface area (Å²) in [6, 6.07) is 1.95. The molecule has 0 aromatic carbocycles. The number of hydrogen-bond donors (Lipinski definition) is 0. The first-order valence-corrected chi connectivity index (χ1v) is 5.69. The summed E-state index contributed by atoms with van der Waals surface area (Å²) in [6.45, 7) is 8.60. The fourth-order valence-electron chi connectivity index (χ4n) is 1.13. The van der Waals surface area contributed by atoms with E-state index in [2.05, 4.69) is 9.58 Å². The maximum atomic E-state index is 11.3. The van der Waals surface area contributed by atoms with Crippen molar-refractivity contribution >= 4 is 35.0 Å². The Kier molecular flexibility index (Phi) is 4.52. The van der Waals surface area contributed by atoms with Crippen LogP contribution in [0.3, 0.4) is 0 Å². The van der Waals surface area contributed by atoms with Crippen LogP contribution in [0.2, 0.25) is 5.02 Å². The van der Waals surface area contributed by atoms with Gasteiger partial charge in [0.1, 0.15) is 12.2 Å². The summed E-state index contributed by atoms with van der Waals surface area (Å²) >= 11 is 7.17. The highest BCUT2D eigenvalue weighted by Gasteiger charge is 2.16. The number of aryl methyl sites for hydroxylation is 1. The molecule has 6 heteroatoms. The summed E-state index contributed by atoms with van der Waals surface area (Å²) < 4.78 is 4.27. The van der Waals surface area contributed by atoms with Gasteiger partial charge in [-0.15, -0.1) is 11.3 Å². The zero-order valence-corrected chi connectivity index (χ0v) is 10.7. The van der Waals surface area contributed by atoms with E-state index in [-0.39, 0.29) is 10.7 Å². The Morgan fingerprint density at radius 2 is 2.39 bits per heavy atom. The number of thiophene rings is 1. The topological polar surface area (TPSA) is 54.5 Å². The van der Waals surface area contributed by atoms with E-state index in [1.807, 2.05) is 6.07 Å². The molecule has 0 aliphatic heterocycles. The van der Waals surface area contributed by atoms with Gasteiger partial charge in [0.2, 0.25) is 0 Å². The lowest BCUT2D eigenvalue weighted by atomic mass is 10.2. The Bertz CT molecular complexity index is 653. The van der Waals surface area contributed by atoms with Crippen LogP contribution in [0, 0.1) is 37.4 Å². The zero-order chi connectivity index (χ0) is 13.7. The number of halogens is 1. The number of rotatable bonds is 2. The second kappa shape index (κ2) is 5.89. The maximum absolute atomic E-state index is 11.3. The van der Waals surface area contributed by atoms with Gasteiger partial charge in [-0.25, -0.2) is 4.85 Å². The minimum Gasteiger partial charge on any atom is -0.378 e. The number of hydrogen-bond acceptors (Lipinski definition) is 4. The minimum atomic E-state index is -0.923. The highest BCUT2D eigenvalue weighted by molar-refractivity contribution is 7.13. The summed E-state index contributed by atoms with van der Waals surface area (Å²) in [5, 5.41) is 9.09. The highest BCUT2D eigenvalue weighted by Crippen LogP contribution is 2.33. The third kappa shape index (κ3) is 2.70. The Labute approximate surface area is 113 Å². The van der Waals surface area contributed by atoms with Gasteiger partial charge in [0.25, 0.3) is 5.70 Å². The van der Waals surface area contributed by atoms with Crippen LogP contribution in [0.15, 0.2) is 5.70 Å². The Balaban J connectivity index is 3.25. The molecule has 1 heterocycles. The molecule has 0 radical (unpaired) electrons. The maximum Gasteiger partial charge on any atom is 0.350 e. The molecule has 4 nitrogen and oxygen atoms in total. The predicted molar refractivity (Wildman–Crippen MR) is 68.3 cm³/mol. The molecule has 0 aliphatic carbocycles. The average molecular weight is 277 g/mol. The molecular weight excluding hydrogens is 272 g/mol. The third-order valence-corrected chi connectivity index (χ3v) is 3.47. The number of nitriles is 1. The standard InChI is InChI=1S/C12H5ClN2O2S/c1-4-17-12(16)9(15-3)5-10-11(13)8(6-14)7(2)18-10/h1,5H,2H3. The van der Waals surface area contributed by atoms with Gasteiger partial charge in [-0.1, -0.05) is 18.0 Å². The van der Waals surface area contributed by atoms with E-state index in [1.54, 1.807) is 13.0 Å². The van der Waals surface area contributed by atoms with Gasteiger partial charge in [0.15, 0.2) is 0 Å². The SMILES string of the molecule is [C-]#[N+]C(=Cc1sc(C)c(C#N)c1Cl)C(=O)OC#C. The van der Waals surface area contributed by atoms with E-state index in [1.165, 1.54) is 17.4 Å². The summed E-state index contributed by atoms with van der Waals surface area (Å²) in [6.07, 6.45) is 7.76. The molecule has 1 aromatic rings. The molecule has 0 spiro atoms. The molecule has 0 atom stereocenters. The van der Waals surface area contributed by atoms with Gasteiger partial charge in [-0.2, -0.15) is 5.26 Å². The van der Waals surface area contributed by atoms with Gasteiger partial charge in [-0.05, 0) is 13.0 Å². The summed E-state index contributed by atoms with van der Waals surface area (Å²) in [5.74, 6) is -0.923. The molecule has 0 amide bonds. The number of esters is 1. The fourth-order valence-corrected chi connectivity index (χ4v) is 2.48. The van der Waals surface area contributed by atoms with E-state index < -0.39 is 5.97 Å². The number of nitrogens with zero attached hydrogens (tertiary/aromatic N) is 2. The Hall–Kier alpha value is -2.26. The predicted octanol–water partition coefficient (Wildman–Crippen LogP) is 2.98. The van der Waals surface area contributed by atoms with E-state index in [9.17, 15) is 4.79 Å². The first-order chi connectivity index (χ1) is 8.54. The van der Waals surface area contributed by atoms with Crippen LogP contribution >= 0.6 is 22.9 Å². The average Bonchev–Trinajstić information content (AvgIpc) is 2.61. The second-order valence-corrected chi connectivity index (χ2v) is 4.61. The smallest absolute Gasteiger partial charge is 0.350 e. The molecule has 0 saturated heterocycles. The zero-order valence-electron chi connectivity index (χ0n) is 9.15. The van der Waals surface area contributed by atoms with E-state index in [0.717, 1.165) is 0 Å². The lowest BCUT2D eigenvalue weighted by Crippen LogP contribution is -2.00. The fraction of sp³-hybridized carbons (Fsp3) is 0.0833. The molecule has 0 aliphatic rings. The number of terminal acetylenes is 1. The molecule has 88 valence electrons. The minimum absolute atomic E-state index is 0.217. The van der Waals surface area contributed by atoms with Crippen molar-refractivity contribution in [2.24, 2.45) is 0 Å². The molecular formula is C12H5ClN2O2S. The largest absolute Gasteiger partial charge is 0.378 e. The van der Waals surface area contributed by atoms with Crippen molar-refractivity contribution in [2.45, 2.75) is 6.92 Å². The molecule has 1 aromatic heterocycles. The third-order valence-electron chi connectivity index (χ3n) is 1.91. The van der Waals surface area contributed by atoms with E-state index in [4.69, 9.17) is 29.9 Å². The molecule has 0 N–H and O–H groups in total. The van der Waals surface area contributed by atoms with Crippen molar-refractivity contribution in [3.8, 4) is 18.6 Å². The van der Waals surface area contributed by atoms with Crippen LogP contribution in [-0.4, -0.2) is 5.97 Å². The van der Waals surface area contributed by atoms with Crippen molar-refractivity contribution < 1.29 is 9.53 Å². The van der Waals surface area contributed by atoms with Gasteiger partial charge in [0, 0.05) is 9.75 Å². The summed E-state index contributed by atoms with van der Waals surface area (Å²) in [7, 11) is 0. The molecule has 0 saturated carbocycles. The highest BCUT2D eigenvalue weighted by atomic mass is 35.5. The van der Waals surface area contributed by atoms with Crippen molar-refractivity contribution in [3.05, 3.63) is 37.5 Å². The quantitative estimate of drug-likeness (QED) is 0.361. The Morgan fingerprint density at radius 3 is 2.83 bits per heavy atom. The Morgan fingerprint density at radius 1 is 1.72 bits per heavy atom. The van der Waals surface area contributed by atoms with E-state index in [0.29, 0.717) is 15.3 Å². The van der Waals surface area contributed by atoms with Gasteiger partial charge < -0.3 is 4.74 Å². The summed E-state index contributed by atoms with van der Waals surface area (Å²) in [4.78, 5) is 15.5. The monoisotopic (exact) mass is 276 g/mol. The van der Waals surface area contributed by atoms with Crippen LogP contribution in [0.4, 0.5) is 0 Å². The van der Waals surface area contributed by atoms with E-state index >= 15 is 0 Å². The number of carbonyl (C=O) groups is 1. The lowest BCUT2D eigenvalue weighted by molar-refractivity contribution is -0.132. The summed E-state index contributed by atoms with van der Waals surface area (Å²) in [5.41, 5.74) is 0.0446. The molecule has 0 bridgehead atoms. The van der Waals surface area contributed by atoms with Crippen LogP contribution in [0.25, 0.3) is 10.9 Å². The van der Waals surface area contributed by atoms with Crippen molar-refractivity contribution in [3.63, 3.8) is 0 Å². The lowest BCUT2D eigenvalue weighted by Gasteiger charge is -1.94.